The fourth-order valence-electron chi connectivity index (χ4n) is 11.3. The van der Waals surface area contributed by atoms with Crippen molar-refractivity contribution in [1.82, 2.24) is 0 Å². The maximum Gasteiger partial charge on any atom is 0.472 e. The van der Waals surface area contributed by atoms with Gasteiger partial charge in [0.2, 0.25) is 0 Å². The summed E-state index contributed by atoms with van der Waals surface area (Å²) in [5, 5.41) is 10.6. The Kier molecular flexibility index (Phi) is 63.1. The number of phosphoric ester groups is 2. The summed E-state index contributed by atoms with van der Waals surface area (Å²) in [6, 6.07) is 0. The smallest absolute Gasteiger partial charge is 0.462 e. The average Bonchev–Trinajstić information content (AvgIpc) is 2.16. The van der Waals surface area contributed by atoms with Crippen LogP contribution in [-0.4, -0.2) is 96.7 Å². The minimum Gasteiger partial charge on any atom is -0.462 e. The molecule has 17 nitrogen and oxygen atoms in total. The number of rotatable bonds is 72. The van der Waals surface area contributed by atoms with Gasteiger partial charge in [0.25, 0.3) is 0 Å². The summed E-state index contributed by atoms with van der Waals surface area (Å²) in [6.45, 7) is 14.2. The molecule has 0 bridgehead atoms. The number of phosphoric acid groups is 2. The van der Waals surface area contributed by atoms with E-state index in [0.29, 0.717) is 25.7 Å². The third-order valence-corrected chi connectivity index (χ3v) is 19.9. The highest BCUT2D eigenvalue weighted by Crippen LogP contribution is 2.45. The number of carbonyl (C=O) groups is 4. The Balaban J connectivity index is 5.25. The van der Waals surface area contributed by atoms with Crippen LogP contribution in [-0.2, 0) is 65.4 Å². The minimum atomic E-state index is -4.96. The number of aliphatic hydroxyl groups excluding tert-OH is 1. The van der Waals surface area contributed by atoms with Gasteiger partial charge < -0.3 is 33.8 Å². The number of ether oxygens (including phenoxy) is 4. The topological polar surface area (TPSA) is 237 Å². The van der Waals surface area contributed by atoms with Crippen molar-refractivity contribution in [2.45, 2.75) is 395 Å². The van der Waals surface area contributed by atoms with E-state index in [9.17, 15) is 43.2 Å². The molecule has 0 aromatic rings. The summed E-state index contributed by atoms with van der Waals surface area (Å²) < 4.78 is 68.5. The predicted octanol–water partition coefficient (Wildman–Crippen LogP) is 21.7. The lowest BCUT2D eigenvalue weighted by molar-refractivity contribution is -0.161. The molecule has 4 unspecified atom stereocenters. The highest BCUT2D eigenvalue weighted by Gasteiger charge is 2.30. The Labute approximate surface area is 575 Å². The number of esters is 4. The molecule has 0 radical (unpaired) electrons. The molecule has 7 atom stereocenters. The van der Waals surface area contributed by atoms with E-state index in [1.54, 1.807) is 0 Å². The molecule has 0 aromatic heterocycles. The van der Waals surface area contributed by atoms with Crippen LogP contribution in [0.5, 0.6) is 0 Å². The molecule has 0 saturated heterocycles. The third-order valence-electron chi connectivity index (χ3n) is 18.0. The lowest BCUT2D eigenvalue weighted by atomic mass is 9.99. The van der Waals surface area contributed by atoms with Gasteiger partial charge in [-0.2, -0.15) is 0 Å². The van der Waals surface area contributed by atoms with Crippen LogP contribution in [0, 0.1) is 23.7 Å². The highest BCUT2D eigenvalue weighted by molar-refractivity contribution is 7.47. The standard InChI is InChI=1S/C75H146O17P2/c1-9-67(7)53-45-37-29-25-26-32-42-50-58-75(80)92-71(62-86-73(78)56-48-40-34-33-38-46-54-68(8)10-2)64-90-94(83,84)88-60-69(76)59-87-93(81,82)89-63-70(61-85-72(77)55-47-39-30-23-20-16-18-22-28-36-44-52-66(5)6)91-74(79)57-49-41-31-24-19-15-13-11-12-14-17-21-27-35-43-51-65(3)4/h65-71,76H,9-64H2,1-8H3,(H,81,82)(H,83,84)/t67?,68?,69-,70-,71-/m1/s1. The molecular weight excluding hydrogens is 1230 g/mol. The van der Waals surface area contributed by atoms with Crippen LogP contribution in [0.4, 0.5) is 0 Å². The molecule has 0 spiro atoms. The zero-order valence-corrected chi connectivity index (χ0v) is 63.4. The molecule has 0 rings (SSSR count). The van der Waals surface area contributed by atoms with Crippen molar-refractivity contribution in [3.63, 3.8) is 0 Å². The zero-order chi connectivity index (χ0) is 69.6. The van der Waals surface area contributed by atoms with E-state index in [-0.39, 0.29) is 25.7 Å². The molecule has 0 aromatic carbocycles. The van der Waals surface area contributed by atoms with Gasteiger partial charge in [0.1, 0.15) is 19.3 Å². The van der Waals surface area contributed by atoms with Gasteiger partial charge in [-0.3, -0.25) is 37.3 Å². The van der Waals surface area contributed by atoms with E-state index < -0.39 is 97.5 Å². The third kappa shape index (κ3) is 66.0. The molecule has 0 aliphatic heterocycles. The quantitative estimate of drug-likeness (QED) is 0.0222. The van der Waals surface area contributed by atoms with Gasteiger partial charge >= 0.3 is 39.5 Å². The van der Waals surface area contributed by atoms with E-state index in [1.807, 2.05) is 0 Å². The second-order valence-corrected chi connectivity index (χ2v) is 31.4. The SMILES string of the molecule is CCC(C)CCCCCCCCCCC(=O)O[C@H](COC(=O)CCCCCCCCC(C)CC)COP(=O)(O)OC[C@H](O)COP(=O)(O)OC[C@@H](COC(=O)CCCCCCCCCCCCCC(C)C)OC(=O)CCCCCCCCCCCCCCCCCC(C)C. The van der Waals surface area contributed by atoms with Crippen molar-refractivity contribution < 1.29 is 80.2 Å². The van der Waals surface area contributed by atoms with Gasteiger partial charge in [0, 0.05) is 25.7 Å². The molecule has 3 N–H and O–H groups in total. The van der Waals surface area contributed by atoms with Crippen molar-refractivity contribution in [3.05, 3.63) is 0 Å². The van der Waals surface area contributed by atoms with E-state index in [2.05, 4.69) is 55.4 Å². The second kappa shape index (κ2) is 64.4. The van der Waals surface area contributed by atoms with Gasteiger partial charge in [-0.1, -0.05) is 325 Å². The van der Waals surface area contributed by atoms with Crippen molar-refractivity contribution in [2.75, 3.05) is 39.6 Å². The highest BCUT2D eigenvalue weighted by atomic mass is 31.2. The Morgan fingerprint density at radius 3 is 0.755 bits per heavy atom. The second-order valence-electron chi connectivity index (χ2n) is 28.5. The van der Waals surface area contributed by atoms with E-state index in [1.165, 1.54) is 173 Å². The molecule has 558 valence electrons. The Morgan fingerprint density at radius 1 is 0.298 bits per heavy atom. The van der Waals surface area contributed by atoms with Gasteiger partial charge in [0.05, 0.1) is 26.4 Å². The molecule has 0 amide bonds. The van der Waals surface area contributed by atoms with Crippen LogP contribution in [0.1, 0.15) is 376 Å². The monoisotopic (exact) mass is 1380 g/mol. The molecule has 94 heavy (non-hydrogen) atoms. The number of carbonyl (C=O) groups excluding carboxylic acids is 4. The van der Waals surface area contributed by atoms with Crippen LogP contribution < -0.4 is 0 Å². The summed E-state index contributed by atoms with van der Waals surface area (Å²) in [7, 11) is -9.91. The van der Waals surface area contributed by atoms with Gasteiger partial charge in [0.15, 0.2) is 12.2 Å². The van der Waals surface area contributed by atoms with Crippen LogP contribution in [0.15, 0.2) is 0 Å². The van der Waals surface area contributed by atoms with E-state index >= 15 is 0 Å². The fraction of sp³-hybridized carbons (Fsp3) is 0.947. The van der Waals surface area contributed by atoms with E-state index in [0.717, 1.165) is 120 Å². The first-order chi connectivity index (χ1) is 45.2. The number of hydrogen-bond acceptors (Lipinski definition) is 15. The summed E-state index contributed by atoms with van der Waals surface area (Å²) >= 11 is 0. The van der Waals surface area contributed by atoms with Crippen LogP contribution in [0.3, 0.4) is 0 Å². The van der Waals surface area contributed by atoms with Crippen LogP contribution in [0.25, 0.3) is 0 Å². The van der Waals surface area contributed by atoms with Crippen molar-refractivity contribution in [1.29, 1.82) is 0 Å². The molecule has 0 heterocycles. The molecular formula is C75H146O17P2. The Bertz CT molecular complexity index is 1850. The summed E-state index contributed by atoms with van der Waals surface area (Å²) in [5.74, 6) is 0.950. The van der Waals surface area contributed by atoms with E-state index in [4.69, 9.17) is 37.0 Å². The normalized spacial score (nSPS) is 14.7. The lowest BCUT2D eigenvalue weighted by Gasteiger charge is -2.21. The lowest BCUT2D eigenvalue weighted by Crippen LogP contribution is -2.30. The number of hydrogen-bond donors (Lipinski definition) is 3. The summed E-state index contributed by atoms with van der Waals surface area (Å²) in [6.07, 6.45) is 48.5. The van der Waals surface area contributed by atoms with Gasteiger partial charge in [-0.15, -0.1) is 0 Å². The summed E-state index contributed by atoms with van der Waals surface area (Å²) in [5.41, 5.74) is 0. The molecule has 0 saturated carbocycles. The fourth-order valence-corrected chi connectivity index (χ4v) is 12.9. The molecule has 0 fully saturated rings. The first kappa shape index (κ1) is 92.1. The molecule has 19 heteroatoms. The first-order valence-corrected chi connectivity index (χ1v) is 41.8. The van der Waals surface area contributed by atoms with Gasteiger partial charge in [-0.05, 0) is 49.4 Å². The van der Waals surface area contributed by atoms with Gasteiger partial charge in [-0.25, -0.2) is 9.13 Å². The Morgan fingerprint density at radius 2 is 0.511 bits per heavy atom. The largest absolute Gasteiger partial charge is 0.472 e. The number of unbranched alkanes of at least 4 members (excludes halogenated alkanes) is 36. The minimum absolute atomic E-state index is 0.104. The zero-order valence-electron chi connectivity index (χ0n) is 61.6. The first-order valence-electron chi connectivity index (χ1n) is 38.8. The summed E-state index contributed by atoms with van der Waals surface area (Å²) in [4.78, 5) is 72.8. The maximum atomic E-state index is 13.1. The predicted molar refractivity (Wildman–Crippen MR) is 381 cm³/mol. The Hall–Kier alpha value is -1.94. The van der Waals surface area contributed by atoms with Crippen molar-refractivity contribution in [2.24, 2.45) is 23.7 Å². The van der Waals surface area contributed by atoms with Crippen LogP contribution in [0.2, 0.25) is 0 Å². The molecule has 0 aliphatic carbocycles. The number of aliphatic hydroxyl groups is 1. The van der Waals surface area contributed by atoms with Crippen molar-refractivity contribution >= 4 is 39.5 Å². The molecule has 0 aliphatic rings. The average molecular weight is 1380 g/mol. The van der Waals surface area contributed by atoms with Crippen LogP contribution >= 0.6 is 15.6 Å². The van der Waals surface area contributed by atoms with Crippen molar-refractivity contribution in [3.8, 4) is 0 Å². The maximum absolute atomic E-state index is 13.1.